The van der Waals surface area contributed by atoms with Crippen LogP contribution in [-0.2, 0) is 4.79 Å². The number of hydrogen-bond donors (Lipinski definition) is 3. The van der Waals surface area contributed by atoms with E-state index in [0.29, 0.717) is 22.7 Å². The number of phenolic OH excluding ortho intramolecular Hbond substituents is 1. The lowest BCUT2D eigenvalue weighted by Gasteiger charge is -2.13. The fraction of sp³-hybridized carbons (Fsp3) is 0.417. The molecule has 1 rings (SSSR count). The minimum atomic E-state index is -0.571. The van der Waals surface area contributed by atoms with Gasteiger partial charge in [0.15, 0.2) is 0 Å². The minimum absolute atomic E-state index is 0. The molecule has 0 aliphatic heterocycles. The molecule has 1 atom stereocenters. The summed E-state index contributed by atoms with van der Waals surface area (Å²) in [6.45, 7) is 3.66. The summed E-state index contributed by atoms with van der Waals surface area (Å²) in [4.78, 5) is 11.7. The minimum Gasteiger partial charge on any atom is -0.505 e. The molecule has 4 nitrogen and oxygen atoms in total. The molecule has 18 heavy (non-hydrogen) atoms. The number of hydrogen-bond acceptors (Lipinski definition) is 3. The molecule has 0 aliphatic rings. The summed E-state index contributed by atoms with van der Waals surface area (Å²) < 4.78 is 0. The predicted molar refractivity (Wildman–Crippen MR) is 76.6 cm³/mol. The predicted octanol–water partition coefficient (Wildman–Crippen LogP) is 2.84. The van der Waals surface area contributed by atoms with Crippen LogP contribution in [0.4, 0.5) is 5.69 Å². The van der Waals surface area contributed by atoms with E-state index in [2.05, 4.69) is 5.32 Å². The van der Waals surface area contributed by atoms with E-state index < -0.39 is 6.04 Å². The highest BCUT2D eigenvalue weighted by molar-refractivity contribution is 6.31. The molecule has 6 heteroatoms. The molecular weight excluding hydrogens is 275 g/mol. The number of phenols is 1. The Kier molecular flexibility index (Phi) is 7.06. The molecule has 0 bridgehead atoms. The summed E-state index contributed by atoms with van der Waals surface area (Å²) in [5, 5.41) is 12.8. The lowest BCUT2D eigenvalue weighted by Crippen LogP contribution is -2.35. The van der Waals surface area contributed by atoms with E-state index in [-0.39, 0.29) is 24.1 Å². The number of anilines is 1. The van der Waals surface area contributed by atoms with Gasteiger partial charge in [0.25, 0.3) is 0 Å². The van der Waals surface area contributed by atoms with Gasteiger partial charge in [-0.2, -0.15) is 0 Å². The largest absolute Gasteiger partial charge is 0.505 e. The van der Waals surface area contributed by atoms with Crippen LogP contribution in [0.3, 0.4) is 0 Å². The lowest BCUT2D eigenvalue weighted by atomic mass is 10.1. The van der Waals surface area contributed by atoms with Crippen LogP contribution in [0.2, 0.25) is 5.02 Å². The summed E-state index contributed by atoms with van der Waals surface area (Å²) >= 11 is 5.85. The maximum Gasteiger partial charge on any atom is 0.241 e. The van der Waals surface area contributed by atoms with E-state index in [9.17, 15) is 9.90 Å². The number of carbonyl (C=O) groups is 1. The Morgan fingerprint density at radius 1 is 1.56 bits per heavy atom. The molecule has 1 unspecified atom stereocenters. The Morgan fingerprint density at radius 2 is 2.17 bits per heavy atom. The second-order valence-electron chi connectivity index (χ2n) is 4.00. The van der Waals surface area contributed by atoms with Crippen molar-refractivity contribution in [1.82, 2.24) is 0 Å². The van der Waals surface area contributed by atoms with Crippen molar-refractivity contribution in [3.8, 4) is 5.75 Å². The van der Waals surface area contributed by atoms with Crippen LogP contribution in [0.5, 0.6) is 5.75 Å². The maximum absolute atomic E-state index is 11.7. The first kappa shape index (κ1) is 17.0. The van der Waals surface area contributed by atoms with Crippen LogP contribution in [0, 0.1) is 6.92 Å². The first-order chi connectivity index (χ1) is 7.95. The van der Waals surface area contributed by atoms with Gasteiger partial charge in [0.2, 0.25) is 5.91 Å². The molecule has 0 saturated heterocycles. The van der Waals surface area contributed by atoms with Crippen molar-refractivity contribution >= 4 is 35.6 Å². The molecule has 0 aliphatic carbocycles. The molecular formula is C12H18Cl2N2O2. The Bertz CT molecular complexity index is 425. The van der Waals surface area contributed by atoms with E-state index in [0.717, 1.165) is 6.42 Å². The van der Waals surface area contributed by atoms with Crippen molar-refractivity contribution in [3.05, 3.63) is 22.7 Å². The maximum atomic E-state index is 11.7. The number of aryl methyl sites for hydroxylation is 1. The van der Waals surface area contributed by atoms with Crippen molar-refractivity contribution < 1.29 is 9.90 Å². The van der Waals surface area contributed by atoms with E-state index in [4.69, 9.17) is 17.3 Å². The van der Waals surface area contributed by atoms with Crippen molar-refractivity contribution in [3.63, 3.8) is 0 Å². The molecule has 0 saturated carbocycles. The van der Waals surface area contributed by atoms with E-state index in [1.807, 2.05) is 6.92 Å². The van der Waals surface area contributed by atoms with Crippen molar-refractivity contribution in [2.75, 3.05) is 5.32 Å². The second kappa shape index (κ2) is 7.46. The molecule has 0 spiro atoms. The summed E-state index contributed by atoms with van der Waals surface area (Å²) in [5.74, 6) is -0.296. The third-order valence-corrected chi connectivity index (χ3v) is 2.68. The van der Waals surface area contributed by atoms with Crippen LogP contribution in [0.15, 0.2) is 12.1 Å². The molecule has 0 radical (unpaired) electrons. The van der Waals surface area contributed by atoms with Gasteiger partial charge in [-0.3, -0.25) is 4.79 Å². The van der Waals surface area contributed by atoms with Crippen LogP contribution in [0.25, 0.3) is 0 Å². The zero-order valence-electron chi connectivity index (χ0n) is 10.4. The lowest BCUT2D eigenvalue weighted by molar-refractivity contribution is -0.117. The Morgan fingerprint density at radius 3 is 2.72 bits per heavy atom. The van der Waals surface area contributed by atoms with Crippen LogP contribution >= 0.6 is 24.0 Å². The third-order valence-electron chi connectivity index (χ3n) is 2.46. The van der Waals surface area contributed by atoms with Gasteiger partial charge in [-0.25, -0.2) is 0 Å². The molecule has 1 aromatic rings. The molecule has 1 aromatic carbocycles. The summed E-state index contributed by atoms with van der Waals surface area (Å²) in [6.07, 6.45) is 1.43. The van der Waals surface area contributed by atoms with Gasteiger partial charge in [-0.05, 0) is 31.0 Å². The zero-order chi connectivity index (χ0) is 13.0. The molecule has 0 heterocycles. The summed E-state index contributed by atoms with van der Waals surface area (Å²) in [5.41, 5.74) is 6.58. The quantitative estimate of drug-likeness (QED) is 0.747. The zero-order valence-corrected chi connectivity index (χ0v) is 11.9. The Labute approximate surface area is 118 Å². The van der Waals surface area contributed by atoms with Gasteiger partial charge in [-0.1, -0.05) is 24.9 Å². The van der Waals surface area contributed by atoms with E-state index >= 15 is 0 Å². The first-order valence-electron chi connectivity index (χ1n) is 5.51. The van der Waals surface area contributed by atoms with Gasteiger partial charge < -0.3 is 16.2 Å². The van der Waals surface area contributed by atoms with Crippen LogP contribution in [0.1, 0.15) is 25.3 Å². The molecule has 0 aromatic heterocycles. The number of nitrogens with one attached hydrogen (secondary N) is 1. The number of amides is 1. The van der Waals surface area contributed by atoms with Crippen LogP contribution in [-0.4, -0.2) is 17.1 Å². The van der Waals surface area contributed by atoms with Crippen molar-refractivity contribution in [2.24, 2.45) is 5.73 Å². The first-order valence-corrected chi connectivity index (χ1v) is 5.89. The van der Waals surface area contributed by atoms with E-state index in [1.54, 1.807) is 13.0 Å². The van der Waals surface area contributed by atoms with Gasteiger partial charge in [0.1, 0.15) is 5.75 Å². The Balaban J connectivity index is 0.00000289. The monoisotopic (exact) mass is 292 g/mol. The standard InChI is InChI=1S/C12H17ClN2O2.ClH/c1-3-4-9(14)12(17)15-10-6-8(13)5-7(2)11(10)16;/h5-6,9,16H,3-4,14H2,1-2H3,(H,15,17);1H. The molecule has 1 amide bonds. The van der Waals surface area contributed by atoms with Crippen molar-refractivity contribution in [2.45, 2.75) is 32.7 Å². The van der Waals surface area contributed by atoms with E-state index in [1.165, 1.54) is 6.07 Å². The van der Waals surface area contributed by atoms with Gasteiger partial charge in [0, 0.05) is 5.02 Å². The van der Waals surface area contributed by atoms with Crippen LogP contribution < -0.4 is 11.1 Å². The van der Waals surface area contributed by atoms with Gasteiger partial charge >= 0.3 is 0 Å². The smallest absolute Gasteiger partial charge is 0.241 e. The topological polar surface area (TPSA) is 75.4 Å². The second-order valence-corrected chi connectivity index (χ2v) is 4.44. The SMILES string of the molecule is CCCC(N)C(=O)Nc1cc(Cl)cc(C)c1O.Cl. The molecule has 4 N–H and O–H groups in total. The fourth-order valence-electron chi connectivity index (χ4n) is 1.50. The van der Waals surface area contributed by atoms with Gasteiger partial charge in [0.05, 0.1) is 11.7 Å². The number of aromatic hydroxyl groups is 1. The normalized spacial score (nSPS) is 11.6. The summed E-state index contributed by atoms with van der Waals surface area (Å²) in [6, 6.07) is 2.55. The number of halogens is 2. The fourth-order valence-corrected chi connectivity index (χ4v) is 1.77. The summed E-state index contributed by atoms with van der Waals surface area (Å²) in [7, 11) is 0. The molecule has 0 fully saturated rings. The molecule has 102 valence electrons. The Hall–Kier alpha value is -0.970. The average molecular weight is 293 g/mol. The highest BCUT2D eigenvalue weighted by Crippen LogP contribution is 2.30. The highest BCUT2D eigenvalue weighted by atomic mass is 35.5. The average Bonchev–Trinajstić information content (AvgIpc) is 2.25. The number of nitrogens with two attached hydrogens (primary N) is 1. The van der Waals surface area contributed by atoms with Crippen molar-refractivity contribution in [1.29, 1.82) is 0 Å². The number of carbonyl (C=O) groups excluding carboxylic acids is 1. The number of rotatable bonds is 4. The highest BCUT2D eigenvalue weighted by Gasteiger charge is 2.15. The number of benzene rings is 1. The third kappa shape index (κ3) is 4.37. The van der Waals surface area contributed by atoms with Gasteiger partial charge in [-0.15, -0.1) is 12.4 Å².